The van der Waals surface area contributed by atoms with Gasteiger partial charge in [0.15, 0.2) is 0 Å². The zero-order valence-electron chi connectivity index (χ0n) is 12.4. The van der Waals surface area contributed by atoms with Gasteiger partial charge in [-0.25, -0.2) is 13.6 Å². The van der Waals surface area contributed by atoms with Crippen LogP contribution in [0.2, 0.25) is 0 Å². The maximum Gasteiger partial charge on any atom is 0.547 e. The predicted octanol–water partition coefficient (Wildman–Crippen LogP) is 1.26. The van der Waals surface area contributed by atoms with Crippen LogP contribution in [-0.4, -0.2) is 41.0 Å². The smallest absolute Gasteiger partial charge is 0.534 e. The molecule has 0 aliphatic carbocycles. The van der Waals surface area contributed by atoms with E-state index >= 15 is 0 Å². The Labute approximate surface area is 131 Å². The van der Waals surface area contributed by atoms with Crippen molar-refractivity contribution in [3.05, 3.63) is 29.3 Å². The van der Waals surface area contributed by atoms with Crippen LogP contribution in [0.3, 0.4) is 0 Å². The fourth-order valence-electron chi connectivity index (χ4n) is 2.33. The molecule has 1 aliphatic heterocycles. The Morgan fingerprint density at radius 1 is 1.48 bits per heavy atom. The number of aromatic carboxylic acids is 1. The van der Waals surface area contributed by atoms with E-state index in [1.807, 2.05) is 0 Å². The van der Waals surface area contributed by atoms with Gasteiger partial charge in [0.2, 0.25) is 11.8 Å². The molecule has 23 heavy (non-hydrogen) atoms. The number of carboxylic acid groups (broad SMARTS) is 1. The molecule has 6 nitrogen and oxygen atoms in total. The Bertz CT molecular complexity index is 620. The van der Waals surface area contributed by atoms with Crippen molar-refractivity contribution >= 4 is 19.0 Å². The summed E-state index contributed by atoms with van der Waals surface area (Å²) < 4.78 is 30.7. The second kappa shape index (κ2) is 6.53. The number of alkyl halides is 2. The number of carboxylic acids is 1. The normalized spacial score (nSPS) is 17.2. The number of fused-ring (bicyclic) bond motifs is 1. The molecule has 0 radical (unpaired) electrons. The van der Waals surface area contributed by atoms with Gasteiger partial charge in [-0.3, -0.25) is 4.79 Å². The molecule has 0 fully saturated rings. The average molecular weight is 327 g/mol. The van der Waals surface area contributed by atoms with E-state index in [4.69, 9.17) is 9.76 Å². The third-order valence-corrected chi connectivity index (χ3v) is 3.49. The molecular weight excluding hydrogens is 311 g/mol. The average Bonchev–Trinajstić information content (AvgIpc) is 2.44. The van der Waals surface area contributed by atoms with Crippen LogP contribution in [0, 0.1) is 0 Å². The van der Waals surface area contributed by atoms with Gasteiger partial charge in [0.05, 0.1) is 11.5 Å². The summed E-state index contributed by atoms with van der Waals surface area (Å²) >= 11 is 0. The van der Waals surface area contributed by atoms with Crippen LogP contribution in [-0.2, 0) is 11.2 Å². The number of halogens is 2. The van der Waals surface area contributed by atoms with Gasteiger partial charge in [0.25, 0.3) is 0 Å². The van der Waals surface area contributed by atoms with Gasteiger partial charge < -0.3 is 20.1 Å². The molecule has 0 saturated heterocycles. The van der Waals surface area contributed by atoms with E-state index < -0.39 is 37.3 Å². The first kappa shape index (κ1) is 17.2. The molecule has 0 bridgehead atoms. The third kappa shape index (κ3) is 4.41. The first-order valence-corrected chi connectivity index (χ1v) is 7.04. The Kier molecular flexibility index (Phi) is 4.89. The summed E-state index contributed by atoms with van der Waals surface area (Å²) in [6.45, 7) is 0.725. The standard InChI is InChI=1S/C14H16BF2NO5/c1-14(16,17)6-5-11(19)18-10-7-8-3-2-4-9(13(20)21)12(8)23-15(10)22/h2-4,10,22H,5-7H2,1H3,(H,18,19)(H,20,21)/t10-/m0/s1. The van der Waals surface area contributed by atoms with Gasteiger partial charge in [0.1, 0.15) is 5.75 Å². The van der Waals surface area contributed by atoms with E-state index in [1.54, 1.807) is 6.07 Å². The predicted molar refractivity (Wildman–Crippen MR) is 77.5 cm³/mol. The molecule has 0 unspecified atom stereocenters. The SMILES string of the molecule is CC(F)(F)CCC(=O)N[C@H]1Cc2cccc(C(=O)O)c2OB1O. The topological polar surface area (TPSA) is 95.9 Å². The van der Waals surface area contributed by atoms with E-state index in [-0.39, 0.29) is 24.2 Å². The van der Waals surface area contributed by atoms with Crippen molar-refractivity contribution in [1.29, 1.82) is 0 Å². The number of rotatable bonds is 5. The van der Waals surface area contributed by atoms with E-state index in [2.05, 4.69) is 5.32 Å². The Hall–Kier alpha value is -2.16. The molecule has 124 valence electrons. The number of carbonyl (C=O) groups is 2. The summed E-state index contributed by atoms with van der Waals surface area (Å²) in [7, 11) is -1.45. The summed E-state index contributed by atoms with van der Waals surface area (Å²) in [5.74, 6) is -5.54. The highest BCUT2D eigenvalue weighted by Crippen LogP contribution is 2.30. The minimum Gasteiger partial charge on any atom is -0.534 e. The first-order chi connectivity index (χ1) is 10.7. The van der Waals surface area contributed by atoms with Crippen LogP contribution in [0.1, 0.15) is 35.7 Å². The monoisotopic (exact) mass is 327 g/mol. The number of carbonyl (C=O) groups excluding carboxylic acids is 1. The van der Waals surface area contributed by atoms with Gasteiger partial charge in [-0.15, -0.1) is 0 Å². The Balaban J connectivity index is 2.06. The molecule has 1 aromatic rings. The maximum absolute atomic E-state index is 12.7. The van der Waals surface area contributed by atoms with E-state index in [0.29, 0.717) is 5.56 Å². The first-order valence-electron chi connectivity index (χ1n) is 7.04. The molecule has 3 N–H and O–H groups in total. The molecule has 0 spiro atoms. The van der Waals surface area contributed by atoms with Crippen molar-refractivity contribution in [3.8, 4) is 5.75 Å². The van der Waals surface area contributed by atoms with Crippen LogP contribution < -0.4 is 9.97 Å². The molecule has 1 aromatic carbocycles. The molecule has 1 heterocycles. The molecule has 1 aliphatic rings. The molecule has 9 heteroatoms. The van der Waals surface area contributed by atoms with E-state index in [0.717, 1.165) is 6.92 Å². The number of amides is 1. The van der Waals surface area contributed by atoms with Crippen molar-refractivity contribution in [1.82, 2.24) is 5.32 Å². The molecule has 2 rings (SSSR count). The van der Waals surface area contributed by atoms with Gasteiger partial charge in [-0.1, -0.05) is 12.1 Å². The number of hydrogen-bond acceptors (Lipinski definition) is 4. The second-order valence-corrected chi connectivity index (χ2v) is 5.56. The van der Waals surface area contributed by atoms with Gasteiger partial charge >= 0.3 is 13.1 Å². The van der Waals surface area contributed by atoms with Gasteiger partial charge in [-0.2, -0.15) is 0 Å². The van der Waals surface area contributed by atoms with Crippen LogP contribution in [0.4, 0.5) is 8.78 Å². The second-order valence-electron chi connectivity index (χ2n) is 5.56. The minimum absolute atomic E-state index is 0.0538. The zero-order valence-corrected chi connectivity index (χ0v) is 12.4. The molecule has 1 amide bonds. The van der Waals surface area contributed by atoms with Crippen molar-refractivity contribution in [2.75, 3.05) is 0 Å². The van der Waals surface area contributed by atoms with Crippen molar-refractivity contribution in [3.63, 3.8) is 0 Å². The van der Waals surface area contributed by atoms with Gasteiger partial charge in [0, 0.05) is 12.8 Å². The lowest BCUT2D eigenvalue weighted by molar-refractivity contribution is -0.123. The molecule has 0 saturated carbocycles. The fraction of sp³-hybridized carbons (Fsp3) is 0.429. The van der Waals surface area contributed by atoms with Gasteiger partial charge in [-0.05, 0) is 25.0 Å². The fourth-order valence-corrected chi connectivity index (χ4v) is 2.33. The van der Waals surface area contributed by atoms with Crippen LogP contribution in [0.15, 0.2) is 18.2 Å². The lowest BCUT2D eigenvalue weighted by Crippen LogP contribution is -2.53. The highest BCUT2D eigenvalue weighted by Gasteiger charge is 2.37. The zero-order chi connectivity index (χ0) is 17.2. The number of hydrogen-bond donors (Lipinski definition) is 3. The van der Waals surface area contributed by atoms with Crippen LogP contribution >= 0.6 is 0 Å². The van der Waals surface area contributed by atoms with E-state index in [9.17, 15) is 23.4 Å². The molecule has 0 aromatic heterocycles. The molecule has 1 atom stereocenters. The Morgan fingerprint density at radius 3 is 2.78 bits per heavy atom. The lowest BCUT2D eigenvalue weighted by atomic mass is 9.72. The summed E-state index contributed by atoms with van der Waals surface area (Å²) in [6.07, 6.45) is -0.830. The highest BCUT2D eigenvalue weighted by molar-refractivity contribution is 6.47. The quantitative estimate of drug-likeness (QED) is 0.708. The minimum atomic E-state index is -2.94. The van der Waals surface area contributed by atoms with Crippen molar-refractivity contribution in [2.45, 2.75) is 38.0 Å². The largest absolute Gasteiger partial charge is 0.547 e. The maximum atomic E-state index is 12.7. The third-order valence-electron chi connectivity index (χ3n) is 3.49. The number of benzene rings is 1. The Morgan fingerprint density at radius 2 is 2.17 bits per heavy atom. The van der Waals surface area contributed by atoms with Crippen molar-refractivity contribution in [2.24, 2.45) is 0 Å². The number of para-hydroxylation sites is 1. The summed E-state index contributed by atoms with van der Waals surface area (Å²) in [5, 5.41) is 21.4. The highest BCUT2D eigenvalue weighted by atomic mass is 19.3. The number of nitrogens with one attached hydrogen (secondary N) is 1. The summed E-state index contributed by atoms with van der Waals surface area (Å²) in [5.41, 5.74) is 0.429. The van der Waals surface area contributed by atoms with E-state index in [1.165, 1.54) is 12.1 Å². The summed E-state index contributed by atoms with van der Waals surface area (Å²) in [4.78, 5) is 22.8. The molecular formula is C14H16BF2NO5. The summed E-state index contributed by atoms with van der Waals surface area (Å²) in [6, 6.07) is 4.49. The van der Waals surface area contributed by atoms with Crippen LogP contribution in [0.5, 0.6) is 5.75 Å². The van der Waals surface area contributed by atoms with Crippen molar-refractivity contribution < 1.29 is 33.2 Å². The lowest BCUT2D eigenvalue weighted by Gasteiger charge is -2.29. The van der Waals surface area contributed by atoms with Crippen LogP contribution in [0.25, 0.3) is 0 Å².